The van der Waals surface area contributed by atoms with Gasteiger partial charge in [0.25, 0.3) is 0 Å². The molecular weight excluding hydrogens is 262 g/mol. The third-order valence-corrected chi connectivity index (χ3v) is 4.92. The highest BCUT2D eigenvalue weighted by molar-refractivity contribution is 5.38. The molecule has 2 aliphatic rings. The first-order chi connectivity index (χ1) is 10.3. The van der Waals surface area contributed by atoms with Gasteiger partial charge in [0.1, 0.15) is 5.82 Å². The quantitative estimate of drug-likeness (QED) is 0.884. The van der Waals surface area contributed by atoms with Crippen LogP contribution in [0.1, 0.15) is 13.3 Å². The van der Waals surface area contributed by atoms with Gasteiger partial charge in [-0.3, -0.25) is 4.90 Å². The summed E-state index contributed by atoms with van der Waals surface area (Å²) in [6.07, 6.45) is 3.00. The summed E-state index contributed by atoms with van der Waals surface area (Å²) >= 11 is 0. The molecule has 2 unspecified atom stereocenters. The maximum Gasteiger partial charge on any atom is 0.128 e. The minimum Gasteiger partial charge on any atom is -0.354 e. The number of nitrogens with two attached hydrogens (primary N) is 1. The molecule has 5 heteroatoms. The van der Waals surface area contributed by atoms with Gasteiger partial charge in [-0.2, -0.15) is 0 Å². The molecule has 3 rings (SSSR count). The van der Waals surface area contributed by atoms with Crippen LogP contribution in [0, 0.1) is 0 Å². The zero-order valence-electron chi connectivity index (χ0n) is 13.0. The van der Waals surface area contributed by atoms with Crippen LogP contribution in [-0.4, -0.2) is 72.7 Å². The van der Waals surface area contributed by atoms with Gasteiger partial charge in [-0.25, -0.2) is 4.98 Å². The highest BCUT2D eigenvalue weighted by Crippen LogP contribution is 2.19. The number of likely N-dealkylation sites (tertiary alicyclic amines) is 1. The molecule has 2 aliphatic heterocycles. The van der Waals surface area contributed by atoms with E-state index in [0.29, 0.717) is 12.1 Å². The lowest BCUT2D eigenvalue weighted by Crippen LogP contribution is -2.62. The number of aromatic nitrogens is 1. The van der Waals surface area contributed by atoms with E-state index in [1.807, 2.05) is 12.3 Å². The summed E-state index contributed by atoms with van der Waals surface area (Å²) in [5, 5.41) is 0. The Morgan fingerprint density at radius 3 is 2.67 bits per heavy atom. The van der Waals surface area contributed by atoms with E-state index >= 15 is 0 Å². The average Bonchev–Trinajstić information content (AvgIpc) is 2.56. The zero-order chi connectivity index (χ0) is 14.7. The predicted molar refractivity (Wildman–Crippen MR) is 86.5 cm³/mol. The maximum atomic E-state index is 6.38. The third kappa shape index (κ3) is 3.36. The SMILES string of the molecule is CCN1CCC(N)C(N2CCN(c3ccccn3)CC2)C1. The van der Waals surface area contributed by atoms with Crippen molar-refractivity contribution in [2.24, 2.45) is 5.73 Å². The van der Waals surface area contributed by atoms with E-state index in [0.717, 1.165) is 58.1 Å². The average molecular weight is 289 g/mol. The van der Waals surface area contributed by atoms with Gasteiger partial charge in [-0.05, 0) is 31.6 Å². The summed E-state index contributed by atoms with van der Waals surface area (Å²) in [5.41, 5.74) is 6.38. The first-order valence-corrected chi connectivity index (χ1v) is 8.16. The van der Waals surface area contributed by atoms with Gasteiger partial charge in [-0.1, -0.05) is 13.0 Å². The molecule has 0 radical (unpaired) electrons. The normalized spacial score (nSPS) is 28.8. The van der Waals surface area contributed by atoms with Crippen molar-refractivity contribution < 1.29 is 0 Å². The number of rotatable bonds is 3. The van der Waals surface area contributed by atoms with Gasteiger partial charge in [-0.15, -0.1) is 0 Å². The Hall–Kier alpha value is -1.17. The molecule has 3 heterocycles. The van der Waals surface area contributed by atoms with Crippen LogP contribution < -0.4 is 10.6 Å². The number of piperazine rings is 1. The van der Waals surface area contributed by atoms with Crippen LogP contribution in [0.5, 0.6) is 0 Å². The standard InChI is InChI=1S/C16H27N5/c1-2-19-8-6-14(17)15(13-19)20-9-11-21(12-10-20)16-5-3-4-7-18-16/h3-5,7,14-15H,2,6,8-13,17H2,1H3. The van der Waals surface area contributed by atoms with Crippen molar-refractivity contribution in [2.45, 2.75) is 25.4 Å². The van der Waals surface area contributed by atoms with Crippen LogP contribution in [0.4, 0.5) is 5.82 Å². The smallest absolute Gasteiger partial charge is 0.128 e. The first-order valence-electron chi connectivity index (χ1n) is 8.16. The molecule has 0 aliphatic carbocycles. The minimum absolute atomic E-state index is 0.328. The number of hydrogen-bond acceptors (Lipinski definition) is 5. The van der Waals surface area contributed by atoms with Gasteiger partial charge in [0.15, 0.2) is 0 Å². The van der Waals surface area contributed by atoms with E-state index in [4.69, 9.17) is 5.73 Å². The summed E-state index contributed by atoms with van der Waals surface area (Å²) in [4.78, 5) is 11.9. The Balaban J connectivity index is 1.57. The Bertz CT molecular complexity index is 430. The van der Waals surface area contributed by atoms with E-state index in [-0.39, 0.29) is 0 Å². The molecular formula is C16H27N5. The molecule has 2 saturated heterocycles. The van der Waals surface area contributed by atoms with Crippen molar-refractivity contribution in [2.75, 3.05) is 50.7 Å². The van der Waals surface area contributed by atoms with Gasteiger partial charge in [0.2, 0.25) is 0 Å². The molecule has 116 valence electrons. The molecule has 0 saturated carbocycles. The highest BCUT2D eigenvalue weighted by atomic mass is 15.3. The molecule has 2 atom stereocenters. The minimum atomic E-state index is 0.328. The summed E-state index contributed by atoms with van der Waals surface area (Å²) < 4.78 is 0. The van der Waals surface area contributed by atoms with Crippen molar-refractivity contribution in [1.82, 2.24) is 14.8 Å². The first kappa shape index (κ1) is 14.8. The lowest BCUT2D eigenvalue weighted by molar-refractivity contribution is 0.0799. The Kier molecular flexibility index (Phi) is 4.73. The third-order valence-electron chi connectivity index (χ3n) is 4.92. The fraction of sp³-hybridized carbons (Fsp3) is 0.688. The van der Waals surface area contributed by atoms with Gasteiger partial charge < -0.3 is 15.5 Å². The number of likely N-dealkylation sites (N-methyl/N-ethyl adjacent to an activating group) is 1. The second-order valence-electron chi connectivity index (χ2n) is 6.12. The van der Waals surface area contributed by atoms with Crippen LogP contribution in [0.25, 0.3) is 0 Å². The summed E-state index contributed by atoms with van der Waals surface area (Å²) in [7, 11) is 0. The van der Waals surface area contributed by atoms with Gasteiger partial charge in [0, 0.05) is 51.0 Å². The van der Waals surface area contributed by atoms with E-state index in [9.17, 15) is 0 Å². The predicted octanol–water partition coefficient (Wildman–Crippen LogP) is 0.625. The number of nitrogens with zero attached hydrogens (tertiary/aromatic N) is 4. The van der Waals surface area contributed by atoms with Crippen molar-refractivity contribution in [3.05, 3.63) is 24.4 Å². The molecule has 21 heavy (non-hydrogen) atoms. The van der Waals surface area contributed by atoms with E-state index in [2.05, 4.69) is 38.7 Å². The van der Waals surface area contributed by atoms with E-state index in [1.54, 1.807) is 0 Å². The molecule has 0 amide bonds. The van der Waals surface area contributed by atoms with Crippen molar-refractivity contribution >= 4 is 5.82 Å². The van der Waals surface area contributed by atoms with Crippen LogP contribution in [0.2, 0.25) is 0 Å². The van der Waals surface area contributed by atoms with Crippen LogP contribution >= 0.6 is 0 Å². The second kappa shape index (κ2) is 6.73. The van der Waals surface area contributed by atoms with Crippen LogP contribution in [0.3, 0.4) is 0 Å². The summed E-state index contributed by atoms with van der Waals surface area (Å²) in [6, 6.07) is 6.98. The number of pyridine rings is 1. The Morgan fingerprint density at radius 1 is 1.19 bits per heavy atom. The lowest BCUT2D eigenvalue weighted by Gasteiger charge is -2.46. The molecule has 0 spiro atoms. The monoisotopic (exact) mass is 289 g/mol. The molecule has 1 aromatic rings. The highest BCUT2D eigenvalue weighted by Gasteiger charge is 2.32. The Morgan fingerprint density at radius 2 is 2.00 bits per heavy atom. The molecule has 0 aromatic carbocycles. The fourth-order valence-electron chi connectivity index (χ4n) is 3.51. The van der Waals surface area contributed by atoms with Crippen molar-refractivity contribution in [3.8, 4) is 0 Å². The molecule has 5 nitrogen and oxygen atoms in total. The molecule has 2 N–H and O–H groups in total. The van der Waals surface area contributed by atoms with Crippen LogP contribution in [-0.2, 0) is 0 Å². The van der Waals surface area contributed by atoms with Crippen molar-refractivity contribution in [3.63, 3.8) is 0 Å². The number of hydrogen-bond donors (Lipinski definition) is 1. The lowest BCUT2D eigenvalue weighted by atomic mass is 9.98. The zero-order valence-corrected chi connectivity index (χ0v) is 13.0. The van der Waals surface area contributed by atoms with E-state index < -0.39 is 0 Å². The van der Waals surface area contributed by atoms with Crippen molar-refractivity contribution in [1.29, 1.82) is 0 Å². The largest absolute Gasteiger partial charge is 0.354 e. The summed E-state index contributed by atoms with van der Waals surface area (Å²) in [6.45, 7) is 9.94. The Labute approximate surface area is 127 Å². The van der Waals surface area contributed by atoms with Gasteiger partial charge >= 0.3 is 0 Å². The van der Waals surface area contributed by atoms with Gasteiger partial charge in [0.05, 0.1) is 0 Å². The molecule has 2 fully saturated rings. The van der Waals surface area contributed by atoms with E-state index in [1.165, 1.54) is 0 Å². The van der Waals surface area contributed by atoms with Crippen LogP contribution in [0.15, 0.2) is 24.4 Å². The number of piperidine rings is 1. The maximum absolute atomic E-state index is 6.38. The topological polar surface area (TPSA) is 48.6 Å². The second-order valence-corrected chi connectivity index (χ2v) is 6.12. The fourth-order valence-corrected chi connectivity index (χ4v) is 3.51. The number of anilines is 1. The molecule has 0 bridgehead atoms. The molecule has 1 aromatic heterocycles. The summed E-state index contributed by atoms with van der Waals surface area (Å²) in [5.74, 6) is 1.10.